The predicted molar refractivity (Wildman–Crippen MR) is 107 cm³/mol. The van der Waals surface area contributed by atoms with Gasteiger partial charge in [0.05, 0.1) is 22.2 Å². The lowest BCUT2D eigenvalue weighted by Crippen LogP contribution is -2.13. The first-order chi connectivity index (χ1) is 14.2. The molecule has 1 heterocycles. The second-order valence-corrected chi connectivity index (χ2v) is 8.00. The average molecular weight is 424 g/mol. The van der Waals surface area contributed by atoms with Crippen LogP contribution in [0.25, 0.3) is 21.9 Å². The maximum Gasteiger partial charge on any atom is 0.262 e. The standard InChI is InChI=1S/C20H12N2O7S/c21-9-10-3-1-4-11(7-10)30(27,28)22-12-8-15-17(20(26)18(12)24)19(25)16-13(23)5-2-6-14(16)29-15/h1-8,22-24,26H. The zero-order chi connectivity index (χ0) is 21.6. The van der Waals surface area contributed by atoms with Crippen LogP contribution in [0.15, 0.2) is 62.6 Å². The third-order valence-electron chi connectivity index (χ3n) is 4.43. The number of fused-ring (bicyclic) bond motifs is 2. The first-order valence-corrected chi connectivity index (χ1v) is 9.87. The number of aromatic hydroxyl groups is 3. The summed E-state index contributed by atoms with van der Waals surface area (Å²) in [4.78, 5) is 12.5. The number of rotatable bonds is 3. The van der Waals surface area contributed by atoms with Crippen LogP contribution in [-0.2, 0) is 10.0 Å². The van der Waals surface area contributed by atoms with E-state index >= 15 is 0 Å². The van der Waals surface area contributed by atoms with Crippen molar-refractivity contribution in [3.8, 4) is 23.3 Å². The van der Waals surface area contributed by atoms with Crippen LogP contribution in [0.2, 0.25) is 0 Å². The van der Waals surface area contributed by atoms with Crippen molar-refractivity contribution in [2.24, 2.45) is 0 Å². The smallest absolute Gasteiger partial charge is 0.262 e. The van der Waals surface area contributed by atoms with Crippen molar-refractivity contribution in [1.82, 2.24) is 0 Å². The zero-order valence-electron chi connectivity index (χ0n) is 14.9. The molecule has 0 spiro atoms. The predicted octanol–water partition coefficient (Wildman–Crippen LogP) is 2.74. The zero-order valence-corrected chi connectivity index (χ0v) is 15.8. The lowest BCUT2D eigenvalue weighted by atomic mass is 10.1. The average Bonchev–Trinajstić information content (AvgIpc) is 2.71. The fourth-order valence-electron chi connectivity index (χ4n) is 3.02. The largest absolute Gasteiger partial charge is 0.507 e. The minimum atomic E-state index is -4.25. The summed E-state index contributed by atoms with van der Waals surface area (Å²) in [7, 11) is -4.25. The molecular weight excluding hydrogens is 412 g/mol. The Morgan fingerprint density at radius 1 is 0.933 bits per heavy atom. The Morgan fingerprint density at radius 3 is 2.40 bits per heavy atom. The first kappa shape index (κ1) is 19.1. The molecule has 0 saturated carbocycles. The van der Waals surface area contributed by atoms with Gasteiger partial charge in [-0.15, -0.1) is 0 Å². The highest BCUT2D eigenvalue weighted by Gasteiger charge is 2.23. The van der Waals surface area contributed by atoms with Crippen molar-refractivity contribution in [1.29, 1.82) is 5.26 Å². The molecule has 0 aliphatic rings. The van der Waals surface area contributed by atoms with Gasteiger partial charge in [0.15, 0.2) is 11.5 Å². The molecule has 10 heteroatoms. The van der Waals surface area contributed by atoms with Crippen molar-refractivity contribution in [2.75, 3.05) is 4.72 Å². The fraction of sp³-hybridized carbons (Fsp3) is 0. The summed E-state index contributed by atoms with van der Waals surface area (Å²) in [6.07, 6.45) is 0. The molecule has 0 saturated heterocycles. The number of phenolic OH excluding ortho intramolecular Hbond substituents is 3. The van der Waals surface area contributed by atoms with E-state index in [1.807, 2.05) is 6.07 Å². The molecule has 0 unspecified atom stereocenters. The highest BCUT2D eigenvalue weighted by Crippen LogP contribution is 2.41. The summed E-state index contributed by atoms with van der Waals surface area (Å²) in [6, 6.07) is 12.2. The normalized spacial score (nSPS) is 11.4. The Hall–Kier alpha value is -4.23. The molecule has 9 nitrogen and oxygen atoms in total. The van der Waals surface area contributed by atoms with Gasteiger partial charge in [0.1, 0.15) is 27.7 Å². The van der Waals surface area contributed by atoms with Gasteiger partial charge in [-0.25, -0.2) is 8.42 Å². The molecule has 0 aliphatic carbocycles. The number of phenols is 3. The van der Waals surface area contributed by atoms with E-state index < -0.39 is 38.0 Å². The van der Waals surface area contributed by atoms with Crippen molar-refractivity contribution in [2.45, 2.75) is 4.90 Å². The van der Waals surface area contributed by atoms with E-state index in [1.165, 1.54) is 36.4 Å². The molecule has 4 rings (SSSR count). The molecule has 1 aromatic heterocycles. The summed E-state index contributed by atoms with van der Waals surface area (Å²) in [6.45, 7) is 0. The van der Waals surface area contributed by atoms with Gasteiger partial charge >= 0.3 is 0 Å². The number of hydrogen-bond donors (Lipinski definition) is 4. The summed E-state index contributed by atoms with van der Waals surface area (Å²) in [5.41, 5.74) is -1.33. The number of nitrogens with zero attached hydrogens (tertiary/aromatic N) is 1. The summed E-state index contributed by atoms with van der Waals surface area (Å²) >= 11 is 0. The second-order valence-electron chi connectivity index (χ2n) is 6.32. The number of nitrogens with one attached hydrogen (secondary N) is 1. The van der Waals surface area contributed by atoms with Crippen LogP contribution >= 0.6 is 0 Å². The minimum absolute atomic E-state index is 0.00752. The van der Waals surface area contributed by atoms with E-state index in [0.717, 1.165) is 12.1 Å². The van der Waals surface area contributed by atoms with E-state index in [2.05, 4.69) is 4.72 Å². The van der Waals surface area contributed by atoms with Gasteiger partial charge < -0.3 is 19.7 Å². The van der Waals surface area contributed by atoms with Crippen LogP contribution in [0.1, 0.15) is 5.56 Å². The highest BCUT2D eigenvalue weighted by molar-refractivity contribution is 7.92. The first-order valence-electron chi connectivity index (χ1n) is 8.39. The van der Waals surface area contributed by atoms with E-state index in [4.69, 9.17) is 9.68 Å². The number of nitriles is 1. The minimum Gasteiger partial charge on any atom is -0.507 e. The van der Waals surface area contributed by atoms with Crippen molar-refractivity contribution in [3.05, 3.63) is 64.3 Å². The second kappa shape index (κ2) is 6.68. The van der Waals surface area contributed by atoms with Crippen LogP contribution in [0.5, 0.6) is 17.2 Å². The third-order valence-corrected chi connectivity index (χ3v) is 5.80. The van der Waals surface area contributed by atoms with Crippen LogP contribution in [-0.4, -0.2) is 23.7 Å². The topological polar surface area (TPSA) is 161 Å². The fourth-order valence-corrected chi connectivity index (χ4v) is 4.13. The van der Waals surface area contributed by atoms with Crippen LogP contribution < -0.4 is 10.2 Å². The maximum absolute atomic E-state index is 12.7. The van der Waals surface area contributed by atoms with Gasteiger partial charge in [0.2, 0.25) is 5.43 Å². The Morgan fingerprint density at radius 2 is 1.67 bits per heavy atom. The molecule has 0 atom stereocenters. The number of anilines is 1. The number of benzene rings is 3. The molecule has 0 bridgehead atoms. The van der Waals surface area contributed by atoms with Gasteiger partial charge in [0, 0.05) is 6.07 Å². The van der Waals surface area contributed by atoms with E-state index in [9.17, 15) is 28.5 Å². The Kier molecular flexibility index (Phi) is 4.25. The Balaban J connectivity index is 1.92. The van der Waals surface area contributed by atoms with E-state index in [-0.39, 0.29) is 32.8 Å². The molecule has 3 aromatic carbocycles. The SMILES string of the molecule is N#Cc1cccc(S(=O)(=O)Nc2cc3oc4cccc(O)c4c(=O)c3c(O)c2O)c1. The van der Waals surface area contributed by atoms with Crippen molar-refractivity contribution >= 4 is 37.6 Å². The van der Waals surface area contributed by atoms with Crippen LogP contribution in [0.3, 0.4) is 0 Å². The molecule has 4 N–H and O–H groups in total. The Bertz CT molecular complexity index is 1550. The molecule has 30 heavy (non-hydrogen) atoms. The number of hydrogen-bond acceptors (Lipinski definition) is 8. The van der Waals surface area contributed by atoms with Crippen molar-refractivity contribution < 1.29 is 28.2 Å². The third kappa shape index (κ3) is 2.94. The molecule has 150 valence electrons. The van der Waals surface area contributed by atoms with Gasteiger partial charge in [-0.05, 0) is 30.3 Å². The van der Waals surface area contributed by atoms with E-state index in [1.54, 1.807) is 0 Å². The van der Waals surface area contributed by atoms with Crippen molar-refractivity contribution in [3.63, 3.8) is 0 Å². The quantitative estimate of drug-likeness (QED) is 0.288. The van der Waals surface area contributed by atoms with Gasteiger partial charge in [-0.3, -0.25) is 9.52 Å². The van der Waals surface area contributed by atoms with Gasteiger partial charge in [-0.1, -0.05) is 12.1 Å². The maximum atomic E-state index is 12.7. The van der Waals surface area contributed by atoms with Crippen LogP contribution in [0.4, 0.5) is 5.69 Å². The lowest BCUT2D eigenvalue weighted by Gasteiger charge is -2.12. The van der Waals surface area contributed by atoms with Gasteiger partial charge in [-0.2, -0.15) is 5.26 Å². The summed E-state index contributed by atoms with van der Waals surface area (Å²) in [5, 5.41) is 38.9. The molecule has 4 aromatic rings. The molecule has 0 amide bonds. The number of sulfonamides is 1. The lowest BCUT2D eigenvalue weighted by molar-refractivity contribution is 0.409. The van der Waals surface area contributed by atoms with E-state index in [0.29, 0.717) is 0 Å². The molecule has 0 fully saturated rings. The molecular formula is C20H12N2O7S. The molecule has 0 radical (unpaired) electrons. The molecule has 0 aliphatic heterocycles. The van der Waals surface area contributed by atoms with Gasteiger partial charge in [0.25, 0.3) is 10.0 Å². The van der Waals surface area contributed by atoms with Crippen LogP contribution in [0, 0.1) is 11.3 Å². The summed E-state index contributed by atoms with van der Waals surface area (Å²) < 4.78 is 32.9. The Labute approximate surface area is 168 Å². The monoisotopic (exact) mass is 424 g/mol. The summed E-state index contributed by atoms with van der Waals surface area (Å²) in [5.74, 6) is -2.18. The highest BCUT2D eigenvalue weighted by atomic mass is 32.2.